The molecule has 1 amide bonds. The maximum Gasteiger partial charge on any atom is 0.239 e. The van der Waals surface area contributed by atoms with E-state index in [2.05, 4.69) is 34.8 Å². The number of hydrogen-bond acceptors (Lipinski definition) is 3. The Kier molecular flexibility index (Phi) is 6.70. The zero-order valence-electron chi connectivity index (χ0n) is 15.0. The number of carbonyl (C=O) groups is 1. The van der Waals surface area contributed by atoms with Crippen LogP contribution in [-0.2, 0) is 11.3 Å². The molecule has 0 unspecified atom stereocenters. The zero-order chi connectivity index (χ0) is 17.4. The van der Waals surface area contributed by atoms with Gasteiger partial charge in [0, 0.05) is 13.6 Å². The molecule has 1 saturated carbocycles. The van der Waals surface area contributed by atoms with E-state index in [-0.39, 0.29) is 12.5 Å². The van der Waals surface area contributed by atoms with Crippen LogP contribution >= 0.6 is 0 Å². The molecule has 1 aliphatic carbocycles. The van der Waals surface area contributed by atoms with Gasteiger partial charge in [-0.05, 0) is 42.7 Å². The molecule has 0 aliphatic heterocycles. The van der Waals surface area contributed by atoms with Crippen LogP contribution in [0.25, 0.3) is 0 Å². The van der Waals surface area contributed by atoms with Crippen LogP contribution in [0.5, 0.6) is 0 Å². The van der Waals surface area contributed by atoms with Gasteiger partial charge in [0.25, 0.3) is 0 Å². The molecule has 1 aromatic heterocycles. The smallest absolute Gasteiger partial charge is 0.239 e. The van der Waals surface area contributed by atoms with Crippen molar-refractivity contribution < 1.29 is 9.21 Å². The molecule has 0 spiro atoms. The number of nitrogens with zero attached hydrogens (tertiary/aromatic N) is 1. The summed E-state index contributed by atoms with van der Waals surface area (Å²) in [6, 6.07) is 3.64. The summed E-state index contributed by atoms with van der Waals surface area (Å²) in [6.45, 7) is 6.06. The summed E-state index contributed by atoms with van der Waals surface area (Å²) in [5, 5.41) is 9.26. The third-order valence-corrected chi connectivity index (χ3v) is 4.57. The highest BCUT2D eigenvalue weighted by Crippen LogP contribution is 2.45. The number of furan rings is 1. The van der Waals surface area contributed by atoms with Crippen LogP contribution < -0.4 is 16.0 Å². The Labute approximate surface area is 144 Å². The highest BCUT2D eigenvalue weighted by atomic mass is 16.3. The van der Waals surface area contributed by atoms with Crippen molar-refractivity contribution in [3.63, 3.8) is 0 Å². The number of carbonyl (C=O) groups excluding carboxylic acids is 1. The lowest BCUT2D eigenvalue weighted by molar-refractivity contribution is -0.120. The van der Waals surface area contributed by atoms with Crippen molar-refractivity contribution in [2.75, 3.05) is 20.1 Å². The van der Waals surface area contributed by atoms with Crippen LogP contribution in [0.1, 0.15) is 45.3 Å². The molecule has 24 heavy (non-hydrogen) atoms. The van der Waals surface area contributed by atoms with Crippen LogP contribution in [-0.4, -0.2) is 32.0 Å². The first-order valence-corrected chi connectivity index (χ1v) is 8.77. The van der Waals surface area contributed by atoms with Crippen molar-refractivity contribution in [2.24, 2.45) is 16.3 Å². The molecule has 134 valence electrons. The van der Waals surface area contributed by atoms with E-state index in [1.807, 2.05) is 6.07 Å². The van der Waals surface area contributed by atoms with Crippen LogP contribution in [0.2, 0.25) is 0 Å². The molecule has 1 fully saturated rings. The fraction of sp³-hybridized carbons (Fsp3) is 0.667. The highest BCUT2D eigenvalue weighted by molar-refractivity contribution is 5.86. The summed E-state index contributed by atoms with van der Waals surface area (Å²) in [5.41, 5.74) is 0.396. The topological polar surface area (TPSA) is 78.7 Å². The molecule has 0 radical (unpaired) electrons. The summed E-state index contributed by atoms with van der Waals surface area (Å²) < 4.78 is 5.19. The van der Waals surface area contributed by atoms with E-state index in [1.54, 1.807) is 19.4 Å². The Bertz CT molecular complexity index is 533. The van der Waals surface area contributed by atoms with E-state index in [0.717, 1.165) is 12.3 Å². The number of rotatable bonds is 8. The van der Waals surface area contributed by atoms with Crippen molar-refractivity contribution in [3.05, 3.63) is 24.2 Å². The summed E-state index contributed by atoms with van der Waals surface area (Å²) >= 11 is 0. The van der Waals surface area contributed by atoms with Gasteiger partial charge in [-0.25, -0.2) is 0 Å². The average Bonchev–Trinajstić information content (AvgIpc) is 3.03. The number of hydrogen-bond donors (Lipinski definition) is 3. The number of aliphatic imine (C=N–C) groups is 1. The molecule has 6 nitrogen and oxygen atoms in total. The molecule has 1 aliphatic rings. The zero-order valence-corrected chi connectivity index (χ0v) is 15.0. The minimum absolute atomic E-state index is 0.0881. The molecule has 3 N–H and O–H groups in total. The molecule has 0 bridgehead atoms. The van der Waals surface area contributed by atoms with E-state index < -0.39 is 0 Å². The fourth-order valence-corrected chi connectivity index (χ4v) is 3.31. The minimum atomic E-state index is -0.0881. The second-order valence-corrected chi connectivity index (χ2v) is 7.09. The SMILES string of the molecule is CN=C(NCC(=O)NCc1ccco1)NCC1(CC(C)C)CCC1. The molecule has 0 aromatic carbocycles. The van der Waals surface area contributed by atoms with E-state index in [0.29, 0.717) is 23.8 Å². The molecule has 0 saturated heterocycles. The first-order valence-electron chi connectivity index (χ1n) is 8.77. The molecular weight excluding hydrogens is 304 g/mol. The van der Waals surface area contributed by atoms with Gasteiger partial charge in [-0.2, -0.15) is 0 Å². The maximum absolute atomic E-state index is 11.9. The molecule has 0 atom stereocenters. The molecule has 6 heteroatoms. The van der Waals surface area contributed by atoms with Crippen molar-refractivity contribution in [1.82, 2.24) is 16.0 Å². The second kappa shape index (κ2) is 8.76. The van der Waals surface area contributed by atoms with Gasteiger partial charge >= 0.3 is 0 Å². The summed E-state index contributed by atoms with van der Waals surface area (Å²) in [4.78, 5) is 16.1. The van der Waals surface area contributed by atoms with E-state index in [4.69, 9.17) is 4.42 Å². The van der Waals surface area contributed by atoms with Gasteiger partial charge in [0.15, 0.2) is 5.96 Å². The third kappa shape index (κ3) is 5.58. The van der Waals surface area contributed by atoms with Crippen LogP contribution in [0, 0.1) is 11.3 Å². The standard InChI is InChI=1S/C18H30N4O2/c1-14(2)10-18(7-5-8-18)13-22-17(19-3)21-12-16(23)20-11-15-6-4-9-24-15/h4,6,9,14H,5,7-8,10-13H2,1-3H3,(H,20,23)(H2,19,21,22). The Balaban J connectivity index is 1.69. The Morgan fingerprint density at radius 2 is 2.12 bits per heavy atom. The van der Waals surface area contributed by atoms with Gasteiger partial charge in [0.2, 0.25) is 5.91 Å². The Hall–Kier alpha value is -1.98. The minimum Gasteiger partial charge on any atom is -0.467 e. The first-order chi connectivity index (χ1) is 11.5. The van der Waals surface area contributed by atoms with Crippen molar-refractivity contribution in [2.45, 2.75) is 46.1 Å². The lowest BCUT2D eigenvalue weighted by atomic mass is 9.64. The van der Waals surface area contributed by atoms with Gasteiger partial charge in [0.1, 0.15) is 5.76 Å². The summed E-state index contributed by atoms with van der Waals surface area (Å²) in [7, 11) is 1.73. The van der Waals surface area contributed by atoms with Crippen molar-refractivity contribution in [1.29, 1.82) is 0 Å². The van der Waals surface area contributed by atoms with Gasteiger partial charge in [0.05, 0.1) is 19.4 Å². The fourth-order valence-electron chi connectivity index (χ4n) is 3.31. The molecule has 1 aromatic rings. The Morgan fingerprint density at radius 1 is 1.33 bits per heavy atom. The highest BCUT2D eigenvalue weighted by Gasteiger charge is 2.37. The summed E-state index contributed by atoms with van der Waals surface area (Å²) in [6.07, 6.45) is 6.70. The normalized spacial score (nSPS) is 16.6. The van der Waals surface area contributed by atoms with Gasteiger partial charge in [-0.3, -0.25) is 9.79 Å². The Morgan fingerprint density at radius 3 is 2.67 bits per heavy atom. The number of amides is 1. The molecular formula is C18H30N4O2. The average molecular weight is 334 g/mol. The molecule has 2 rings (SSSR count). The van der Waals surface area contributed by atoms with Gasteiger partial charge < -0.3 is 20.4 Å². The van der Waals surface area contributed by atoms with Crippen molar-refractivity contribution in [3.8, 4) is 0 Å². The van der Waals surface area contributed by atoms with Gasteiger partial charge in [-0.15, -0.1) is 0 Å². The predicted molar refractivity (Wildman–Crippen MR) is 95.7 cm³/mol. The largest absolute Gasteiger partial charge is 0.467 e. The van der Waals surface area contributed by atoms with Crippen LogP contribution in [0.15, 0.2) is 27.8 Å². The van der Waals surface area contributed by atoms with Crippen LogP contribution in [0.4, 0.5) is 0 Å². The third-order valence-electron chi connectivity index (χ3n) is 4.57. The quantitative estimate of drug-likeness (QED) is 0.503. The first kappa shape index (κ1) is 18.4. The van der Waals surface area contributed by atoms with Gasteiger partial charge in [-0.1, -0.05) is 20.3 Å². The van der Waals surface area contributed by atoms with Crippen molar-refractivity contribution >= 4 is 11.9 Å². The summed E-state index contributed by atoms with van der Waals surface area (Å²) in [5.74, 6) is 2.04. The molecule has 1 heterocycles. The maximum atomic E-state index is 11.9. The monoisotopic (exact) mass is 334 g/mol. The number of guanidine groups is 1. The predicted octanol–water partition coefficient (Wildman–Crippen LogP) is 2.28. The van der Waals surface area contributed by atoms with E-state index in [1.165, 1.54) is 25.7 Å². The number of nitrogens with one attached hydrogen (secondary N) is 3. The lowest BCUT2D eigenvalue weighted by Crippen LogP contribution is -2.48. The van der Waals surface area contributed by atoms with E-state index in [9.17, 15) is 4.79 Å². The van der Waals surface area contributed by atoms with E-state index >= 15 is 0 Å². The van der Waals surface area contributed by atoms with Crippen LogP contribution in [0.3, 0.4) is 0 Å². The lowest BCUT2D eigenvalue weighted by Gasteiger charge is -2.43. The second-order valence-electron chi connectivity index (χ2n) is 7.09.